The molecule has 5 heteroatoms. The molecule has 1 rings (SSSR count). The zero-order valence-electron chi connectivity index (χ0n) is 7.71. The lowest BCUT2D eigenvalue weighted by Gasteiger charge is -2.21. The van der Waals surface area contributed by atoms with E-state index in [0.29, 0.717) is 12.5 Å². The van der Waals surface area contributed by atoms with Crippen molar-refractivity contribution < 1.29 is 19.0 Å². The fourth-order valence-corrected chi connectivity index (χ4v) is 1.35. The highest BCUT2D eigenvalue weighted by Gasteiger charge is 2.39. The Balaban J connectivity index is 2.44. The van der Waals surface area contributed by atoms with Crippen LogP contribution in [0.15, 0.2) is 0 Å². The topological polar surface area (TPSA) is 44.8 Å². The van der Waals surface area contributed by atoms with Crippen LogP contribution in [0.25, 0.3) is 0 Å². The normalized spacial score (nSPS) is 33.3. The number of carbonyl (C=O) groups is 1. The van der Waals surface area contributed by atoms with Gasteiger partial charge in [-0.1, -0.05) is 0 Å². The molecule has 0 saturated carbocycles. The van der Waals surface area contributed by atoms with Gasteiger partial charge in [0.1, 0.15) is 0 Å². The molecule has 1 aliphatic heterocycles. The van der Waals surface area contributed by atoms with Gasteiger partial charge in [0.15, 0.2) is 5.79 Å². The molecule has 4 nitrogen and oxygen atoms in total. The highest BCUT2D eigenvalue weighted by molar-refractivity contribution is 6.18. The molecule has 1 saturated heterocycles. The minimum Gasteiger partial charge on any atom is -0.469 e. The number of hydrogen-bond donors (Lipinski definition) is 0. The van der Waals surface area contributed by atoms with Crippen molar-refractivity contribution in [3.63, 3.8) is 0 Å². The summed E-state index contributed by atoms with van der Waals surface area (Å²) >= 11 is 5.58. The van der Waals surface area contributed by atoms with E-state index in [4.69, 9.17) is 21.1 Å². The molecule has 0 spiro atoms. The van der Waals surface area contributed by atoms with Gasteiger partial charge in [0, 0.05) is 0 Å². The number of esters is 1. The van der Waals surface area contributed by atoms with Crippen LogP contribution in [-0.2, 0) is 19.0 Å². The SMILES string of the molecule is COC(=O)C[C@@]1(C)OCC(CCl)O1. The number of halogens is 1. The van der Waals surface area contributed by atoms with Gasteiger partial charge in [0.05, 0.1) is 32.1 Å². The summed E-state index contributed by atoms with van der Waals surface area (Å²) in [4.78, 5) is 11.0. The molecule has 0 aliphatic carbocycles. The van der Waals surface area contributed by atoms with Crippen LogP contribution in [0.2, 0.25) is 0 Å². The Hall–Kier alpha value is -0.320. The van der Waals surface area contributed by atoms with Crippen LogP contribution in [0.5, 0.6) is 0 Å². The molecule has 2 atom stereocenters. The lowest BCUT2D eigenvalue weighted by Crippen LogP contribution is -2.30. The number of carbonyl (C=O) groups excluding carboxylic acids is 1. The maximum absolute atomic E-state index is 11.0. The van der Waals surface area contributed by atoms with Crippen molar-refractivity contribution in [2.45, 2.75) is 25.2 Å². The van der Waals surface area contributed by atoms with Gasteiger partial charge in [-0.2, -0.15) is 0 Å². The monoisotopic (exact) mass is 208 g/mol. The minimum atomic E-state index is -0.868. The van der Waals surface area contributed by atoms with E-state index in [2.05, 4.69) is 4.74 Å². The number of rotatable bonds is 3. The van der Waals surface area contributed by atoms with Crippen molar-refractivity contribution in [2.75, 3.05) is 19.6 Å². The zero-order valence-corrected chi connectivity index (χ0v) is 8.47. The van der Waals surface area contributed by atoms with E-state index in [1.807, 2.05) is 0 Å². The number of alkyl halides is 1. The number of methoxy groups -OCH3 is 1. The second kappa shape index (κ2) is 4.26. The van der Waals surface area contributed by atoms with Crippen molar-refractivity contribution in [1.29, 1.82) is 0 Å². The van der Waals surface area contributed by atoms with Gasteiger partial charge in [-0.15, -0.1) is 11.6 Å². The fourth-order valence-electron chi connectivity index (χ4n) is 1.19. The average molecular weight is 209 g/mol. The van der Waals surface area contributed by atoms with E-state index in [0.717, 1.165) is 0 Å². The molecule has 1 unspecified atom stereocenters. The lowest BCUT2D eigenvalue weighted by molar-refractivity contribution is -0.177. The smallest absolute Gasteiger partial charge is 0.310 e. The first-order valence-corrected chi connectivity index (χ1v) is 4.57. The largest absolute Gasteiger partial charge is 0.469 e. The van der Waals surface area contributed by atoms with Gasteiger partial charge in [-0.05, 0) is 6.92 Å². The van der Waals surface area contributed by atoms with Crippen LogP contribution in [0.3, 0.4) is 0 Å². The summed E-state index contributed by atoms with van der Waals surface area (Å²) in [6.45, 7) is 2.13. The Morgan fingerprint density at radius 1 is 1.77 bits per heavy atom. The number of hydrogen-bond acceptors (Lipinski definition) is 4. The zero-order chi connectivity index (χ0) is 9.90. The molecule has 0 N–H and O–H groups in total. The summed E-state index contributed by atoms with van der Waals surface area (Å²) < 4.78 is 15.2. The summed E-state index contributed by atoms with van der Waals surface area (Å²) in [5.41, 5.74) is 0. The Bertz CT molecular complexity index is 197. The molecule has 0 aromatic carbocycles. The summed E-state index contributed by atoms with van der Waals surface area (Å²) in [7, 11) is 1.33. The second-order valence-corrected chi connectivity index (χ2v) is 3.40. The van der Waals surface area contributed by atoms with Crippen LogP contribution in [0.4, 0.5) is 0 Å². The molecule has 76 valence electrons. The summed E-state index contributed by atoms with van der Waals surface area (Å²) in [5.74, 6) is -0.846. The molecule has 0 amide bonds. The predicted molar refractivity (Wildman–Crippen MR) is 46.6 cm³/mol. The van der Waals surface area contributed by atoms with Crippen LogP contribution >= 0.6 is 11.6 Å². The summed E-state index contributed by atoms with van der Waals surface area (Å²) in [6.07, 6.45) is -0.0343. The third kappa shape index (κ3) is 2.83. The lowest BCUT2D eigenvalue weighted by atomic mass is 10.2. The van der Waals surface area contributed by atoms with Gasteiger partial charge >= 0.3 is 5.97 Å². The van der Waals surface area contributed by atoms with Crippen molar-refractivity contribution >= 4 is 17.6 Å². The fraction of sp³-hybridized carbons (Fsp3) is 0.875. The third-order valence-corrected chi connectivity index (χ3v) is 2.20. The molecule has 0 aromatic heterocycles. The van der Waals surface area contributed by atoms with Crippen LogP contribution in [-0.4, -0.2) is 37.5 Å². The average Bonchev–Trinajstić information content (AvgIpc) is 2.47. The maximum Gasteiger partial charge on any atom is 0.310 e. The van der Waals surface area contributed by atoms with Crippen molar-refractivity contribution in [1.82, 2.24) is 0 Å². The van der Waals surface area contributed by atoms with Crippen molar-refractivity contribution in [3.05, 3.63) is 0 Å². The van der Waals surface area contributed by atoms with Gasteiger partial charge < -0.3 is 14.2 Å². The molecule has 13 heavy (non-hydrogen) atoms. The molecule has 1 aliphatic rings. The molecule has 0 radical (unpaired) electrons. The maximum atomic E-state index is 11.0. The van der Waals surface area contributed by atoms with Crippen molar-refractivity contribution in [3.8, 4) is 0 Å². The van der Waals surface area contributed by atoms with E-state index in [9.17, 15) is 4.79 Å². The highest BCUT2D eigenvalue weighted by Crippen LogP contribution is 2.27. The van der Waals surface area contributed by atoms with Crippen LogP contribution in [0.1, 0.15) is 13.3 Å². The van der Waals surface area contributed by atoms with Gasteiger partial charge in [-0.25, -0.2) is 0 Å². The Kier molecular flexibility index (Phi) is 3.53. The Morgan fingerprint density at radius 2 is 2.46 bits per heavy atom. The van der Waals surface area contributed by atoms with E-state index < -0.39 is 5.79 Å². The van der Waals surface area contributed by atoms with Gasteiger partial charge in [-0.3, -0.25) is 4.79 Å². The van der Waals surface area contributed by atoms with E-state index in [-0.39, 0.29) is 18.5 Å². The second-order valence-electron chi connectivity index (χ2n) is 3.09. The van der Waals surface area contributed by atoms with Gasteiger partial charge in [0.25, 0.3) is 0 Å². The first-order valence-electron chi connectivity index (χ1n) is 4.04. The first-order chi connectivity index (χ1) is 6.09. The third-order valence-electron chi connectivity index (χ3n) is 1.86. The van der Waals surface area contributed by atoms with Crippen LogP contribution < -0.4 is 0 Å². The van der Waals surface area contributed by atoms with Gasteiger partial charge in [0.2, 0.25) is 0 Å². The van der Waals surface area contributed by atoms with E-state index in [1.165, 1.54) is 7.11 Å². The molecular weight excluding hydrogens is 196 g/mol. The Morgan fingerprint density at radius 3 is 2.92 bits per heavy atom. The molecular formula is C8H13ClO4. The van der Waals surface area contributed by atoms with E-state index in [1.54, 1.807) is 6.92 Å². The van der Waals surface area contributed by atoms with Crippen LogP contribution in [0, 0.1) is 0 Å². The Labute approximate surface area is 82.1 Å². The van der Waals surface area contributed by atoms with Crippen molar-refractivity contribution in [2.24, 2.45) is 0 Å². The molecule has 1 fully saturated rings. The quantitative estimate of drug-likeness (QED) is 0.511. The standard InChI is InChI=1S/C8H13ClO4/c1-8(3-7(10)11-2)12-5-6(4-9)13-8/h6H,3-5H2,1-2H3/t6?,8-/m0/s1. The first kappa shape index (κ1) is 10.8. The minimum absolute atomic E-state index is 0.0941. The molecule has 0 bridgehead atoms. The number of ether oxygens (including phenoxy) is 3. The summed E-state index contributed by atoms with van der Waals surface area (Å²) in [5, 5.41) is 0. The molecule has 1 heterocycles. The highest BCUT2D eigenvalue weighted by atomic mass is 35.5. The van der Waals surface area contributed by atoms with E-state index >= 15 is 0 Å². The summed E-state index contributed by atoms with van der Waals surface area (Å²) in [6, 6.07) is 0. The molecule has 0 aromatic rings. The predicted octanol–water partition coefficient (Wildman–Crippen LogP) is 0.920.